The fourth-order valence-electron chi connectivity index (χ4n) is 3.04. The molecule has 21 heavy (non-hydrogen) atoms. The molecule has 5 nitrogen and oxygen atoms in total. The zero-order valence-corrected chi connectivity index (χ0v) is 13.0. The van der Waals surface area contributed by atoms with E-state index >= 15 is 0 Å². The van der Waals surface area contributed by atoms with E-state index in [-0.39, 0.29) is 17.7 Å². The highest BCUT2D eigenvalue weighted by molar-refractivity contribution is 7.10. The first-order valence-electron chi connectivity index (χ1n) is 7.24. The highest BCUT2D eigenvalue weighted by Crippen LogP contribution is 2.37. The van der Waals surface area contributed by atoms with Crippen molar-refractivity contribution in [1.29, 1.82) is 0 Å². The first-order valence-corrected chi connectivity index (χ1v) is 8.12. The Kier molecular flexibility index (Phi) is 3.57. The average molecular weight is 306 g/mol. The van der Waals surface area contributed by atoms with Gasteiger partial charge in [-0.25, -0.2) is 0 Å². The summed E-state index contributed by atoms with van der Waals surface area (Å²) in [4.78, 5) is 38.9. The van der Waals surface area contributed by atoms with E-state index in [1.54, 1.807) is 16.2 Å². The van der Waals surface area contributed by atoms with Gasteiger partial charge in [0.05, 0.1) is 5.56 Å². The molecule has 112 valence electrons. The van der Waals surface area contributed by atoms with Gasteiger partial charge in [-0.05, 0) is 24.3 Å². The molecule has 0 aromatic carbocycles. The normalized spacial score (nSPS) is 22.5. The van der Waals surface area contributed by atoms with E-state index in [1.807, 2.05) is 5.38 Å². The van der Waals surface area contributed by atoms with E-state index < -0.39 is 6.04 Å². The van der Waals surface area contributed by atoms with E-state index in [4.69, 9.17) is 0 Å². The molecule has 0 saturated carbocycles. The van der Waals surface area contributed by atoms with Gasteiger partial charge in [-0.3, -0.25) is 19.7 Å². The third-order valence-electron chi connectivity index (χ3n) is 4.09. The summed E-state index contributed by atoms with van der Waals surface area (Å²) in [5.74, 6) is -0.296. The van der Waals surface area contributed by atoms with E-state index in [2.05, 4.69) is 19.2 Å². The summed E-state index contributed by atoms with van der Waals surface area (Å²) >= 11 is 1.62. The van der Waals surface area contributed by atoms with Crippen LogP contribution in [0, 0.1) is 0 Å². The van der Waals surface area contributed by atoms with Crippen molar-refractivity contribution in [2.45, 2.75) is 51.6 Å². The Bertz CT molecular complexity index is 620. The fourth-order valence-corrected chi connectivity index (χ4v) is 4.12. The van der Waals surface area contributed by atoms with Crippen LogP contribution < -0.4 is 5.32 Å². The van der Waals surface area contributed by atoms with Gasteiger partial charge in [0.15, 0.2) is 0 Å². The molecule has 1 atom stereocenters. The van der Waals surface area contributed by atoms with E-state index in [0.717, 1.165) is 11.1 Å². The van der Waals surface area contributed by atoms with Gasteiger partial charge in [-0.1, -0.05) is 13.8 Å². The zero-order chi connectivity index (χ0) is 15.1. The van der Waals surface area contributed by atoms with Crippen molar-refractivity contribution in [3.05, 3.63) is 21.4 Å². The fraction of sp³-hybridized carbons (Fsp3) is 0.533. The number of nitrogens with one attached hydrogen (secondary N) is 1. The molecule has 0 bridgehead atoms. The van der Waals surface area contributed by atoms with Gasteiger partial charge in [0, 0.05) is 23.2 Å². The van der Waals surface area contributed by atoms with Crippen LogP contribution in [0.5, 0.6) is 0 Å². The van der Waals surface area contributed by atoms with Crippen LogP contribution in [-0.4, -0.2) is 28.7 Å². The van der Waals surface area contributed by atoms with Crippen LogP contribution in [0.2, 0.25) is 0 Å². The van der Waals surface area contributed by atoms with Crippen LogP contribution in [0.1, 0.15) is 59.8 Å². The lowest BCUT2D eigenvalue weighted by Crippen LogP contribution is -2.47. The molecule has 3 amide bonds. The average Bonchev–Trinajstić information content (AvgIpc) is 2.90. The molecule has 1 N–H and O–H groups in total. The Morgan fingerprint density at radius 3 is 2.81 bits per heavy atom. The molecule has 6 heteroatoms. The second-order valence-corrected chi connectivity index (χ2v) is 6.81. The van der Waals surface area contributed by atoms with Gasteiger partial charge in [-0.15, -0.1) is 11.3 Å². The molecule has 0 spiro atoms. The van der Waals surface area contributed by atoms with Crippen LogP contribution in [0.3, 0.4) is 0 Å². The van der Waals surface area contributed by atoms with Crippen LogP contribution in [0.25, 0.3) is 0 Å². The van der Waals surface area contributed by atoms with Crippen molar-refractivity contribution in [3.63, 3.8) is 0 Å². The lowest BCUT2D eigenvalue weighted by atomic mass is 10.1. The Hall–Kier alpha value is -1.69. The molecule has 3 heterocycles. The molecule has 3 rings (SSSR count). The Morgan fingerprint density at radius 2 is 2.10 bits per heavy atom. The molecule has 0 radical (unpaired) electrons. The lowest BCUT2D eigenvalue weighted by molar-refractivity contribution is -0.132. The number of rotatable bonds is 2. The van der Waals surface area contributed by atoms with Crippen molar-refractivity contribution in [3.8, 4) is 0 Å². The van der Waals surface area contributed by atoms with Crippen molar-refractivity contribution < 1.29 is 14.4 Å². The van der Waals surface area contributed by atoms with Gasteiger partial charge in [-0.2, -0.15) is 0 Å². The summed E-state index contributed by atoms with van der Waals surface area (Å²) in [6.45, 7) is 4.70. The standard InChI is InChI=1S/C15H18N2O3S/c1-8(2)13-9-6-17(15(20)10(9)7-21-13)11-4-3-5-12(18)16-14(11)19/h7-8,11H,3-6H2,1-2H3,(H,16,18,19). The quantitative estimate of drug-likeness (QED) is 0.850. The van der Waals surface area contributed by atoms with Crippen LogP contribution in [-0.2, 0) is 16.1 Å². The number of amides is 3. The number of imide groups is 1. The van der Waals surface area contributed by atoms with Crippen LogP contribution in [0.15, 0.2) is 5.38 Å². The van der Waals surface area contributed by atoms with Crippen molar-refractivity contribution in [1.82, 2.24) is 10.2 Å². The second-order valence-electron chi connectivity index (χ2n) is 5.90. The molecule has 1 saturated heterocycles. The summed E-state index contributed by atoms with van der Waals surface area (Å²) in [7, 11) is 0. The molecule has 1 unspecified atom stereocenters. The minimum absolute atomic E-state index is 0.0809. The van der Waals surface area contributed by atoms with Crippen molar-refractivity contribution in [2.24, 2.45) is 0 Å². The molecule has 1 fully saturated rings. The van der Waals surface area contributed by atoms with E-state index in [9.17, 15) is 14.4 Å². The molecular weight excluding hydrogens is 288 g/mol. The zero-order valence-electron chi connectivity index (χ0n) is 12.1. The number of thiophene rings is 1. The van der Waals surface area contributed by atoms with Gasteiger partial charge >= 0.3 is 0 Å². The van der Waals surface area contributed by atoms with E-state index in [1.165, 1.54) is 4.88 Å². The predicted molar refractivity (Wildman–Crippen MR) is 79.1 cm³/mol. The highest BCUT2D eigenvalue weighted by Gasteiger charge is 2.39. The smallest absolute Gasteiger partial charge is 0.256 e. The summed E-state index contributed by atoms with van der Waals surface area (Å²) in [6, 6.07) is -0.527. The predicted octanol–water partition coefficient (Wildman–Crippen LogP) is 2.02. The third kappa shape index (κ3) is 2.37. The number of nitrogens with zero attached hydrogens (tertiary/aromatic N) is 1. The van der Waals surface area contributed by atoms with E-state index in [0.29, 0.717) is 31.7 Å². The Morgan fingerprint density at radius 1 is 1.33 bits per heavy atom. The number of hydrogen-bond donors (Lipinski definition) is 1. The Labute approximate surface area is 127 Å². The molecular formula is C15H18N2O3S. The number of hydrogen-bond acceptors (Lipinski definition) is 4. The van der Waals surface area contributed by atoms with Gasteiger partial charge in [0.1, 0.15) is 6.04 Å². The number of fused-ring (bicyclic) bond motifs is 1. The summed E-state index contributed by atoms with van der Waals surface area (Å²) in [5, 5.41) is 4.27. The van der Waals surface area contributed by atoms with Crippen molar-refractivity contribution >= 4 is 29.1 Å². The summed E-state index contributed by atoms with van der Waals surface area (Å²) in [5.41, 5.74) is 1.79. The molecule has 2 aliphatic rings. The number of carbonyl (C=O) groups is 3. The maximum Gasteiger partial charge on any atom is 0.256 e. The molecule has 0 aliphatic carbocycles. The van der Waals surface area contributed by atoms with Crippen molar-refractivity contribution in [2.75, 3.05) is 0 Å². The van der Waals surface area contributed by atoms with Gasteiger partial charge in [0.25, 0.3) is 5.91 Å². The SMILES string of the molecule is CC(C)c1scc2c1CN(C1CCCC(=O)NC1=O)C2=O. The second kappa shape index (κ2) is 5.26. The summed E-state index contributed by atoms with van der Waals surface area (Å²) < 4.78 is 0. The molecule has 1 aromatic heterocycles. The minimum Gasteiger partial charge on any atom is -0.322 e. The van der Waals surface area contributed by atoms with Crippen LogP contribution in [0.4, 0.5) is 0 Å². The van der Waals surface area contributed by atoms with Gasteiger partial charge < -0.3 is 4.90 Å². The minimum atomic E-state index is -0.527. The molecule has 1 aromatic rings. The van der Waals surface area contributed by atoms with Crippen LogP contribution >= 0.6 is 11.3 Å². The first-order chi connectivity index (χ1) is 9.99. The number of carbonyl (C=O) groups excluding carboxylic acids is 3. The monoisotopic (exact) mass is 306 g/mol. The van der Waals surface area contributed by atoms with Gasteiger partial charge in [0.2, 0.25) is 11.8 Å². The first kappa shape index (κ1) is 14.3. The maximum absolute atomic E-state index is 12.5. The third-order valence-corrected chi connectivity index (χ3v) is 5.42. The highest BCUT2D eigenvalue weighted by atomic mass is 32.1. The molecule has 2 aliphatic heterocycles. The Balaban J connectivity index is 1.87. The largest absolute Gasteiger partial charge is 0.322 e. The lowest BCUT2D eigenvalue weighted by Gasteiger charge is -2.25. The topological polar surface area (TPSA) is 66.5 Å². The summed E-state index contributed by atoms with van der Waals surface area (Å²) in [6.07, 6.45) is 1.53. The maximum atomic E-state index is 12.5.